The maximum absolute atomic E-state index is 9.17. The molecule has 88 valence electrons. The summed E-state index contributed by atoms with van der Waals surface area (Å²) in [6.45, 7) is 0. The average Bonchev–Trinajstić information content (AvgIpc) is 2.32. The molecule has 0 amide bonds. The third-order valence-electron chi connectivity index (χ3n) is 2.28. The number of phenolic OH excluding ortho intramolecular Hbond substituents is 1. The fraction of sp³-hybridized carbons (Fsp3) is 0.167. The molecule has 4 nitrogen and oxygen atoms in total. The molecule has 0 saturated heterocycles. The topological polar surface area (TPSA) is 55.2 Å². The summed E-state index contributed by atoms with van der Waals surface area (Å²) in [6, 6.07) is 8.65. The van der Waals surface area contributed by atoms with Crippen molar-refractivity contribution in [3.63, 3.8) is 0 Å². The van der Waals surface area contributed by atoms with Crippen LogP contribution in [0, 0.1) is 0 Å². The molecule has 1 N–H and O–H groups in total. The molecule has 1 aromatic carbocycles. The number of benzene rings is 1. The zero-order valence-corrected chi connectivity index (χ0v) is 9.98. The maximum atomic E-state index is 9.17. The minimum absolute atomic E-state index is 0.243. The van der Waals surface area contributed by atoms with E-state index in [1.807, 2.05) is 12.1 Å². The second-order valence-corrected chi connectivity index (χ2v) is 3.94. The van der Waals surface area contributed by atoms with Gasteiger partial charge in [-0.3, -0.25) is 0 Å². The quantitative estimate of drug-likeness (QED) is 0.909. The standard InChI is InChI=1S/C12H11ClN2O2/c1-17-12-11(13)7-9(14-15-12)6-8-2-4-10(16)5-3-8/h2-5,7,16H,6H2,1H3. The van der Waals surface area contributed by atoms with Gasteiger partial charge in [0.15, 0.2) is 0 Å². The molecule has 2 aromatic rings. The molecule has 0 radical (unpaired) electrons. The van der Waals surface area contributed by atoms with Crippen LogP contribution in [0.2, 0.25) is 5.02 Å². The minimum atomic E-state index is 0.243. The summed E-state index contributed by atoms with van der Waals surface area (Å²) in [5, 5.41) is 17.5. The molecule has 0 aliphatic rings. The number of hydrogen-bond donors (Lipinski definition) is 1. The minimum Gasteiger partial charge on any atom is -0.508 e. The van der Waals surface area contributed by atoms with E-state index in [1.165, 1.54) is 7.11 Å². The van der Waals surface area contributed by atoms with Gasteiger partial charge < -0.3 is 9.84 Å². The van der Waals surface area contributed by atoms with Gasteiger partial charge >= 0.3 is 0 Å². The molecule has 0 fully saturated rings. The summed E-state index contributed by atoms with van der Waals surface area (Å²) in [4.78, 5) is 0. The maximum Gasteiger partial charge on any atom is 0.252 e. The molecular weight excluding hydrogens is 240 g/mol. The van der Waals surface area contributed by atoms with Gasteiger partial charge in [0, 0.05) is 6.42 Å². The van der Waals surface area contributed by atoms with Gasteiger partial charge in [0.2, 0.25) is 0 Å². The van der Waals surface area contributed by atoms with E-state index < -0.39 is 0 Å². The molecule has 0 aliphatic heterocycles. The molecular formula is C12H11ClN2O2. The van der Waals surface area contributed by atoms with Gasteiger partial charge in [-0.1, -0.05) is 23.7 Å². The molecule has 17 heavy (non-hydrogen) atoms. The summed E-state index contributed by atoms with van der Waals surface area (Å²) in [7, 11) is 1.50. The lowest BCUT2D eigenvalue weighted by atomic mass is 10.1. The molecule has 1 heterocycles. The van der Waals surface area contributed by atoms with Gasteiger partial charge in [0.1, 0.15) is 10.8 Å². The highest BCUT2D eigenvalue weighted by Gasteiger charge is 2.05. The van der Waals surface area contributed by atoms with Crippen LogP contribution in [0.4, 0.5) is 0 Å². The number of halogens is 1. The number of aromatic hydroxyl groups is 1. The van der Waals surface area contributed by atoms with Gasteiger partial charge in [-0.05, 0) is 23.8 Å². The van der Waals surface area contributed by atoms with Crippen molar-refractivity contribution in [2.75, 3.05) is 7.11 Å². The molecule has 0 unspecified atom stereocenters. The Bertz CT molecular complexity index is 514. The van der Waals surface area contributed by atoms with Crippen LogP contribution in [0.5, 0.6) is 11.6 Å². The molecule has 1 aromatic heterocycles. The molecule has 0 spiro atoms. The van der Waals surface area contributed by atoms with Crippen molar-refractivity contribution in [3.8, 4) is 11.6 Å². The van der Waals surface area contributed by atoms with E-state index in [9.17, 15) is 0 Å². The largest absolute Gasteiger partial charge is 0.508 e. The Morgan fingerprint density at radius 1 is 1.24 bits per heavy atom. The van der Waals surface area contributed by atoms with E-state index in [0.29, 0.717) is 17.3 Å². The van der Waals surface area contributed by atoms with Crippen molar-refractivity contribution in [1.29, 1.82) is 0 Å². The number of ether oxygens (including phenoxy) is 1. The molecule has 0 bridgehead atoms. The SMILES string of the molecule is COc1nnc(Cc2ccc(O)cc2)cc1Cl. The van der Waals surface area contributed by atoms with Crippen molar-refractivity contribution in [1.82, 2.24) is 10.2 Å². The number of methoxy groups -OCH3 is 1. The van der Waals surface area contributed by atoms with Gasteiger partial charge in [-0.15, -0.1) is 5.10 Å². The Kier molecular flexibility index (Phi) is 3.44. The van der Waals surface area contributed by atoms with Crippen LogP contribution < -0.4 is 4.74 Å². The highest BCUT2D eigenvalue weighted by molar-refractivity contribution is 6.31. The first-order valence-corrected chi connectivity index (χ1v) is 5.41. The van der Waals surface area contributed by atoms with Crippen molar-refractivity contribution >= 4 is 11.6 Å². The Morgan fingerprint density at radius 3 is 2.53 bits per heavy atom. The predicted molar refractivity (Wildman–Crippen MR) is 64.5 cm³/mol. The predicted octanol–water partition coefficient (Wildman–Crippen LogP) is 2.44. The average molecular weight is 251 g/mol. The van der Waals surface area contributed by atoms with Crippen LogP contribution in [0.25, 0.3) is 0 Å². The Morgan fingerprint density at radius 2 is 1.94 bits per heavy atom. The van der Waals surface area contributed by atoms with Gasteiger partial charge in [-0.2, -0.15) is 5.10 Å². The third kappa shape index (κ3) is 2.85. The van der Waals surface area contributed by atoms with Crippen LogP contribution in [-0.4, -0.2) is 22.4 Å². The van der Waals surface area contributed by atoms with E-state index in [0.717, 1.165) is 11.3 Å². The second kappa shape index (κ2) is 5.01. The fourth-order valence-corrected chi connectivity index (χ4v) is 1.68. The number of phenols is 1. The highest BCUT2D eigenvalue weighted by Crippen LogP contribution is 2.21. The highest BCUT2D eigenvalue weighted by atomic mass is 35.5. The van der Waals surface area contributed by atoms with Gasteiger partial charge in [0.05, 0.1) is 12.8 Å². The van der Waals surface area contributed by atoms with Crippen molar-refractivity contribution in [2.45, 2.75) is 6.42 Å². The van der Waals surface area contributed by atoms with Crippen LogP contribution in [-0.2, 0) is 6.42 Å². The summed E-state index contributed by atoms with van der Waals surface area (Å²) in [6.07, 6.45) is 0.608. The monoisotopic (exact) mass is 250 g/mol. The zero-order chi connectivity index (χ0) is 12.3. The van der Waals surface area contributed by atoms with Crippen molar-refractivity contribution in [2.24, 2.45) is 0 Å². The molecule has 0 atom stereocenters. The number of nitrogens with zero attached hydrogens (tertiary/aromatic N) is 2. The van der Waals surface area contributed by atoms with Crippen molar-refractivity contribution in [3.05, 3.63) is 46.6 Å². The van der Waals surface area contributed by atoms with E-state index in [4.69, 9.17) is 21.4 Å². The van der Waals surface area contributed by atoms with Crippen LogP contribution in [0.3, 0.4) is 0 Å². The zero-order valence-electron chi connectivity index (χ0n) is 9.22. The van der Waals surface area contributed by atoms with Crippen LogP contribution in [0.1, 0.15) is 11.3 Å². The third-order valence-corrected chi connectivity index (χ3v) is 2.55. The van der Waals surface area contributed by atoms with Crippen LogP contribution in [0.15, 0.2) is 30.3 Å². The second-order valence-electron chi connectivity index (χ2n) is 3.54. The van der Waals surface area contributed by atoms with E-state index >= 15 is 0 Å². The lowest BCUT2D eigenvalue weighted by Gasteiger charge is -2.04. The normalized spacial score (nSPS) is 10.2. The summed E-state index contributed by atoms with van der Waals surface area (Å²) >= 11 is 5.95. The summed E-state index contributed by atoms with van der Waals surface area (Å²) in [5.74, 6) is 0.564. The first-order chi connectivity index (χ1) is 8.19. The number of rotatable bonds is 3. The molecule has 2 rings (SSSR count). The Balaban J connectivity index is 2.19. The van der Waals surface area contributed by atoms with Gasteiger partial charge in [-0.25, -0.2) is 0 Å². The van der Waals surface area contributed by atoms with E-state index in [1.54, 1.807) is 18.2 Å². The lowest BCUT2D eigenvalue weighted by Crippen LogP contribution is -1.97. The fourth-order valence-electron chi connectivity index (χ4n) is 1.44. The Labute approximate surface area is 104 Å². The number of aromatic nitrogens is 2. The molecule has 0 saturated carbocycles. The van der Waals surface area contributed by atoms with E-state index in [2.05, 4.69) is 10.2 Å². The first-order valence-electron chi connectivity index (χ1n) is 5.03. The Hall–Kier alpha value is -1.81. The lowest BCUT2D eigenvalue weighted by molar-refractivity contribution is 0.391. The summed E-state index contributed by atoms with van der Waals surface area (Å²) in [5.41, 5.74) is 1.78. The summed E-state index contributed by atoms with van der Waals surface area (Å²) < 4.78 is 4.93. The first kappa shape index (κ1) is 11.7. The smallest absolute Gasteiger partial charge is 0.252 e. The molecule has 0 aliphatic carbocycles. The van der Waals surface area contributed by atoms with E-state index in [-0.39, 0.29) is 5.75 Å². The number of hydrogen-bond acceptors (Lipinski definition) is 4. The molecule has 5 heteroatoms. The van der Waals surface area contributed by atoms with Crippen LogP contribution >= 0.6 is 11.6 Å². The van der Waals surface area contributed by atoms with Gasteiger partial charge in [0.25, 0.3) is 5.88 Å². The van der Waals surface area contributed by atoms with Crippen molar-refractivity contribution < 1.29 is 9.84 Å².